The molecular formula is C19H19N3O. The highest BCUT2D eigenvalue weighted by Gasteiger charge is 2.18. The van der Waals surface area contributed by atoms with Gasteiger partial charge in [-0.3, -0.25) is 0 Å². The third-order valence-electron chi connectivity index (χ3n) is 4.15. The molecule has 3 rings (SSSR count). The summed E-state index contributed by atoms with van der Waals surface area (Å²) in [5.74, 6) is 0.763. The van der Waals surface area contributed by atoms with Gasteiger partial charge < -0.3 is 14.6 Å². The van der Waals surface area contributed by atoms with Crippen LogP contribution < -0.4 is 10.1 Å². The number of rotatable bonds is 4. The molecule has 4 heteroatoms. The molecule has 0 amide bonds. The van der Waals surface area contributed by atoms with E-state index >= 15 is 0 Å². The van der Waals surface area contributed by atoms with Crippen LogP contribution in [0, 0.1) is 11.3 Å². The highest BCUT2D eigenvalue weighted by molar-refractivity contribution is 5.95. The van der Waals surface area contributed by atoms with E-state index in [9.17, 15) is 5.26 Å². The zero-order chi connectivity index (χ0) is 16.4. The van der Waals surface area contributed by atoms with E-state index in [1.54, 1.807) is 7.11 Å². The van der Waals surface area contributed by atoms with Gasteiger partial charge in [-0.1, -0.05) is 12.1 Å². The molecule has 0 aliphatic carbocycles. The van der Waals surface area contributed by atoms with Gasteiger partial charge in [-0.25, -0.2) is 0 Å². The van der Waals surface area contributed by atoms with Gasteiger partial charge in [-0.05, 0) is 42.8 Å². The predicted molar refractivity (Wildman–Crippen MR) is 93.9 cm³/mol. The number of nitrogens with zero attached hydrogens (tertiary/aromatic N) is 2. The largest absolute Gasteiger partial charge is 0.497 e. The molecule has 2 aromatic carbocycles. The minimum absolute atomic E-state index is 0.693. The maximum absolute atomic E-state index is 9.73. The second-order valence-electron chi connectivity index (χ2n) is 5.29. The first-order valence-electron chi connectivity index (χ1n) is 7.62. The van der Waals surface area contributed by atoms with Gasteiger partial charge >= 0.3 is 0 Å². The Morgan fingerprint density at radius 3 is 2.48 bits per heavy atom. The normalized spacial score (nSPS) is 10.5. The van der Waals surface area contributed by atoms with E-state index in [1.165, 1.54) is 0 Å². The topological polar surface area (TPSA) is 50.0 Å². The summed E-state index contributed by atoms with van der Waals surface area (Å²) in [7, 11) is 3.53. The molecule has 116 valence electrons. The summed E-state index contributed by atoms with van der Waals surface area (Å²) in [6, 6.07) is 16.4. The molecule has 0 saturated heterocycles. The number of hydrogen-bond acceptors (Lipinski definition) is 3. The summed E-state index contributed by atoms with van der Waals surface area (Å²) in [4.78, 5) is 0. The van der Waals surface area contributed by atoms with E-state index in [2.05, 4.69) is 22.9 Å². The lowest BCUT2D eigenvalue weighted by Gasteiger charge is -2.09. The van der Waals surface area contributed by atoms with Gasteiger partial charge in [0.2, 0.25) is 0 Å². The molecule has 0 unspecified atom stereocenters. The maximum Gasteiger partial charge on any atom is 0.119 e. The fourth-order valence-corrected chi connectivity index (χ4v) is 3.00. The Morgan fingerprint density at radius 2 is 1.91 bits per heavy atom. The summed E-state index contributed by atoms with van der Waals surface area (Å²) in [6.07, 6.45) is 0. The van der Waals surface area contributed by atoms with Crippen LogP contribution in [0.5, 0.6) is 5.75 Å². The van der Waals surface area contributed by atoms with Crippen LogP contribution >= 0.6 is 0 Å². The summed E-state index contributed by atoms with van der Waals surface area (Å²) in [5.41, 5.74) is 4.79. The summed E-state index contributed by atoms with van der Waals surface area (Å²) >= 11 is 0. The van der Waals surface area contributed by atoms with Crippen molar-refractivity contribution in [3.8, 4) is 23.1 Å². The summed E-state index contributed by atoms with van der Waals surface area (Å²) < 4.78 is 7.50. The van der Waals surface area contributed by atoms with Crippen LogP contribution in [-0.4, -0.2) is 18.7 Å². The Bertz CT molecular complexity index is 886. The molecule has 4 nitrogen and oxygen atoms in total. The molecule has 23 heavy (non-hydrogen) atoms. The summed E-state index contributed by atoms with van der Waals surface area (Å²) in [6.45, 7) is 2.89. The van der Waals surface area contributed by atoms with Gasteiger partial charge in [-0.15, -0.1) is 0 Å². The Balaban J connectivity index is 2.31. The van der Waals surface area contributed by atoms with E-state index in [4.69, 9.17) is 4.74 Å². The molecule has 1 aromatic heterocycles. The van der Waals surface area contributed by atoms with Crippen LogP contribution in [0.2, 0.25) is 0 Å². The average Bonchev–Trinajstić information content (AvgIpc) is 2.94. The molecule has 0 bridgehead atoms. The van der Waals surface area contributed by atoms with E-state index in [1.807, 2.05) is 49.5 Å². The number of benzene rings is 2. The van der Waals surface area contributed by atoms with Crippen molar-refractivity contribution in [3.63, 3.8) is 0 Å². The van der Waals surface area contributed by atoms with Gasteiger partial charge in [0.05, 0.1) is 23.9 Å². The smallest absolute Gasteiger partial charge is 0.119 e. The molecular weight excluding hydrogens is 286 g/mol. The number of hydrogen-bond donors (Lipinski definition) is 1. The number of ether oxygens (including phenoxy) is 1. The minimum atomic E-state index is 0.693. The lowest BCUT2D eigenvalue weighted by Crippen LogP contribution is -1.98. The van der Waals surface area contributed by atoms with Crippen LogP contribution in [0.25, 0.3) is 22.2 Å². The number of aryl methyl sites for hydroxylation is 1. The number of methoxy groups -OCH3 is 1. The molecule has 1 N–H and O–H groups in total. The monoisotopic (exact) mass is 305 g/mol. The quantitative estimate of drug-likeness (QED) is 0.784. The van der Waals surface area contributed by atoms with Crippen LogP contribution in [0.15, 0.2) is 42.5 Å². The molecule has 0 aliphatic rings. The van der Waals surface area contributed by atoms with Crippen molar-refractivity contribution in [2.75, 3.05) is 19.5 Å². The first-order valence-corrected chi connectivity index (χ1v) is 7.62. The van der Waals surface area contributed by atoms with Crippen molar-refractivity contribution < 1.29 is 4.74 Å². The number of nitriles is 1. The highest BCUT2D eigenvalue weighted by atomic mass is 16.5. The SMILES string of the molecule is CCn1c(-c2ccc(NC)cc2)c(C#N)c2cc(OC)ccc21. The van der Waals surface area contributed by atoms with Gasteiger partial charge in [-0.2, -0.15) is 5.26 Å². The Hall–Kier alpha value is -2.93. The highest BCUT2D eigenvalue weighted by Crippen LogP contribution is 2.35. The molecule has 1 heterocycles. The maximum atomic E-state index is 9.73. The van der Waals surface area contributed by atoms with Gasteiger partial charge in [0.15, 0.2) is 0 Å². The second kappa shape index (κ2) is 6.05. The third kappa shape index (κ3) is 2.40. The van der Waals surface area contributed by atoms with Crippen molar-refractivity contribution in [3.05, 3.63) is 48.0 Å². The van der Waals surface area contributed by atoms with E-state index in [0.29, 0.717) is 5.56 Å². The Morgan fingerprint density at radius 1 is 1.17 bits per heavy atom. The molecule has 0 aliphatic heterocycles. The van der Waals surface area contributed by atoms with Gasteiger partial charge in [0.1, 0.15) is 11.8 Å². The average molecular weight is 305 g/mol. The number of nitrogens with one attached hydrogen (secondary N) is 1. The number of fused-ring (bicyclic) bond motifs is 1. The zero-order valence-electron chi connectivity index (χ0n) is 13.6. The van der Waals surface area contributed by atoms with Crippen molar-refractivity contribution >= 4 is 16.6 Å². The predicted octanol–water partition coefficient (Wildman–Crippen LogP) is 4.25. The first-order chi connectivity index (χ1) is 11.2. The number of anilines is 1. The lowest BCUT2D eigenvalue weighted by molar-refractivity contribution is 0.415. The molecule has 0 spiro atoms. The number of aromatic nitrogens is 1. The third-order valence-corrected chi connectivity index (χ3v) is 4.15. The van der Waals surface area contributed by atoms with E-state index in [-0.39, 0.29) is 0 Å². The van der Waals surface area contributed by atoms with Crippen molar-refractivity contribution in [2.45, 2.75) is 13.5 Å². The van der Waals surface area contributed by atoms with Crippen LogP contribution in [-0.2, 0) is 6.54 Å². The van der Waals surface area contributed by atoms with Crippen molar-refractivity contribution in [1.82, 2.24) is 4.57 Å². The van der Waals surface area contributed by atoms with Gasteiger partial charge in [0.25, 0.3) is 0 Å². The van der Waals surface area contributed by atoms with Gasteiger partial charge in [0, 0.05) is 24.7 Å². The molecule has 0 fully saturated rings. The fourth-order valence-electron chi connectivity index (χ4n) is 3.00. The zero-order valence-corrected chi connectivity index (χ0v) is 13.6. The Kier molecular flexibility index (Phi) is 3.94. The Labute approximate surface area is 135 Å². The van der Waals surface area contributed by atoms with Crippen LogP contribution in [0.3, 0.4) is 0 Å². The van der Waals surface area contributed by atoms with E-state index in [0.717, 1.165) is 40.1 Å². The molecule has 0 saturated carbocycles. The first kappa shape index (κ1) is 15.0. The van der Waals surface area contributed by atoms with Crippen molar-refractivity contribution in [1.29, 1.82) is 5.26 Å². The van der Waals surface area contributed by atoms with E-state index < -0.39 is 0 Å². The minimum Gasteiger partial charge on any atom is -0.497 e. The van der Waals surface area contributed by atoms with Crippen molar-refractivity contribution in [2.24, 2.45) is 0 Å². The van der Waals surface area contributed by atoms with Crippen LogP contribution in [0.4, 0.5) is 5.69 Å². The summed E-state index contributed by atoms with van der Waals surface area (Å²) in [5, 5.41) is 13.8. The van der Waals surface area contributed by atoms with Crippen LogP contribution in [0.1, 0.15) is 12.5 Å². The molecule has 3 aromatic rings. The fraction of sp³-hybridized carbons (Fsp3) is 0.211. The standard InChI is InChI=1S/C19H19N3O/c1-4-22-18-10-9-15(23-3)11-16(18)17(12-20)19(22)13-5-7-14(21-2)8-6-13/h5-11,21H,4H2,1-3H3. The lowest BCUT2D eigenvalue weighted by atomic mass is 10.1. The molecule has 0 radical (unpaired) electrons. The molecule has 0 atom stereocenters. The second-order valence-corrected chi connectivity index (χ2v) is 5.29.